The molecule has 0 bridgehead atoms. The van der Waals surface area contributed by atoms with E-state index in [0.717, 1.165) is 11.8 Å². The van der Waals surface area contributed by atoms with Crippen molar-refractivity contribution in [3.63, 3.8) is 0 Å². The smallest absolute Gasteiger partial charge is 0.229 e. The predicted molar refractivity (Wildman–Crippen MR) is 98.4 cm³/mol. The van der Waals surface area contributed by atoms with Gasteiger partial charge < -0.3 is 5.32 Å². The van der Waals surface area contributed by atoms with Gasteiger partial charge in [-0.25, -0.2) is 8.42 Å². The zero-order valence-corrected chi connectivity index (χ0v) is 14.4. The number of carbonyl (C=O) groups is 1. The third-order valence-electron chi connectivity index (χ3n) is 3.16. The third kappa shape index (κ3) is 6.26. The SMILES string of the molecule is Cc1ccc(C=CCC(=O)Nc2ccc(NS(C)(=O)=O)cc2)cc1. The van der Waals surface area contributed by atoms with E-state index >= 15 is 0 Å². The molecular formula is C18H20N2O3S. The Labute approximate surface area is 142 Å². The number of amides is 1. The third-order valence-corrected chi connectivity index (χ3v) is 3.77. The summed E-state index contributed by atoms with van der Waals surface area (Å²) >= 11 is 0. The fourth-order valence-corrected chi connectivity index (χ4v) is 2.59. The molecule has 126 valence electrons. The van der Waals surface area contributed by atoms with Gasteiger partial charge in [-0.3, -0.25) is 9.52 Å². The Morgan fingerprint density at radius 1 is 1.00 bits per heavy atom. The molecule has 0 radical (unpaired) electrons. The zero-order chi connectivity index (χ0) is 17.6. The Morgan fingerprint density at radius 2 is 1.58 bits per heavy atom. The molecule has 2 rings (SSSR count). The van der Waals surface area contributed by atoms with Gasteiger partial charge in [0.15, 0.2) is 0 Å². The first-order valence-electron chi connectivity index (χ1n) is 7.43. The Hall–Kier alpha value is -2.60. The highest BCUT2D eigenvalue weighted by Gasteiger charge is 2.03. The van der Waals surface area contributed by atoms with E-state index in [1.807, 2.05) is 37.3 Å². The number of hydrogen-bond acceptors (Lipinski definition) is 3. The first-order valence-corrected chi connectivity index (χ1v) is 9.32. The molecule has 0 atom stereocenters. The minimum Gasteiger partial charge on any atom is -0.326 e. The fourth-order valence-electron chi connectivity index (χ4n) is 2.03. The van der Waals surface area contributed by atoms with Gasteiger partial charge in [0.2, 0.25) is 15.9 Å². The molecule has 24 heavy (non-hydrogen) atoms. The molecule has 6 heteroatoms. The summed E-state index contributed by atoms with van der Waals surface area (Å²) in [5, 5.41) is 2.76. The van der Waals surface area contributed by atoms with Gasteiger partial charge in [0, 0.05) is 17.8 Å². The van der Waals surface area contributed by atoms with E-state index in [9.17, 15) is 13.2 Å². The van der Waals surface area contributed by atoms with Crippen LogP contribution in [0.15, 0.2) is 54.6 Å². The van der Waals surface area contributed by atoms with Crippen molar-refractivity contribution in [3.8, 4) is 0 Å². The summed E-state index contributed by atoms with van der Waals surface area (Å²) < 4.78 is 24.6. The number of anilines is 2. The molecule has 0 saturated heterocycles. The van der Waals surface area contributed by atoms with Crippen LogP contribution in [0.25, 0.3) is 6.08 Å². The molecule has 0 aliphatic rings. The Bertz CT molecular complexity index is 824. The average molecular weight is 344 g/mol. The van der Waals surface area contributed by atoms with Crippen molar-refractivity contribution >= 4 is 33.4 Å². The zero-order valence-electron chi connectivity index (χ0n) is 13.6. The molecule has 0 aliphatic heterocycles. The highest BCUT2D eigenvalue weighted by atomic mass is 32.2. The second-order valence-electron chi connectivity index (χ2n) is 5.52. The molecule has 0 aromatic heterocycles. The molecule has 0 aliphatic carbocycles. The monoisotopic (exact) mass is 344 g/mol. The van der Waals surface area contributed by atoms with Gasteiger partial charge in [-0.05, 0) is 36.8 Å². The van der Waals surface area contributed by atoms with Crippen molar-refractivity contribution in [1.82, 2.24) is 0 Å². The van der Waals surface area contributed by atoms with Crippen LogP contribution in [0.1, 0.15) is 17.5 Å². The number of benzene rings is 2. The van der Waals surface area contributed by atoms with Crippen LogP contribution in [-0.4, -0.2) is 20.6 Å². The van der Waals surface area contributed by atoms with E-state index in [1.54, 1.807) is 30.3 Å². The van der Waals surface area contributed by atoms with E-state index in [4.69, 9.17) is 0 Å². The first-order chi connectivity index (χ1) is 11.3. The maximum atomic E-state index is 11.9. The minimum atomic E-state index is -3.30. The van der Waals surface area contributed by atoms with E-state index in [-0.39, 0.29) is 12.3 Å². The van der Waals surface area contributed by atoms with Crippen molar-refractivity contribution in [2.45, 2.75) is 13.3 Å². The Kier molecular flexibility index (Phi) is 5.76. The van der Waals surface area contributed by atoms with Crippen molar-refractivity contribution in [2.24, 2.45) is 0 Å². The maximum absolute atomic E-state index is 11.9. The molecule has 5 nitrogen and oxygen atoms in total. The van der Waals surface area contributed by atoms with Crippen molar-refractivity contribution < 1.29 is 13.2 Å². The van der Waals surface area contributed by atoms with Crippen molar-refractivity contribution in [3.05, 3.63) is 65.7 Å². The molecule has 2 aromatic carbocycles. The molecular weight excluding hydrogens is 324 g/mol. The first kappa shape index (κ1) is 17.7. The van der Waals surface area contributed by atoms with Crippen LogP contribution in [0.3, 0.4) is 0 Å². The van der Waals surface area contributed by atoms with E-state index in [1.165, 1.54) is 5.56 Å². The highest BCUT2D eigenvalue weighted by Crippen LogP contribution is 2.15. The van der Waals surface area contributed by atoms with Crippen LogP contribution in [0.4, 0.5) is 11.4 Å². The second-order valence-corrected chi connectivity index (χ2v) is 7.27. The van der Waals surface area contributed by atoms with Crippen LogP contribution in [0, 0.1) is 6.92 Å². The summed E-state index contributed by atoms with van der Waals surface area (Å²) in [7, 11) is -3.30. The van der Waals surface area contributed by atoms with Crippen LogP contribution in [-0.2, 0) is 14.8 Å². The summed E-state index contributed by atoms with van der Waals surface area (Å²) in [4.78, 5) is 11.9. The van der Waals surface area contributed by atoms with Gasteiger partial charge in [-0.2, -0.15) is 0 Å². The van der Waals surface area contributed by atoms with Gasteiger partial charge in [-0.15, -0.1) is 0 Å². The van der Waals surface area contributed by atoms with Crippen LogP contribution in [0.2, 0.25) is 0 Å². The van der Waals surface area contributed by atoms with Gasteiger partial charge in [-0.1, -0.05) is 42.0 Å². The standard InChI is InChI=1S/C18H20N2O3S/c1-14-6-8-15(9-7-14)4-3-5-18(21)19-16-10-12-17(13-11-16)20-24(2,22)23/h3-4,6-13,20H,5H2,1-2H3,(H,19,21). The summed E-state index contributed by atoms with van der Waals surface area (Å²) in [6, 6.07) is 14.5. The summed E-state index contributed by atoms with van der Waals surface area (Å²) in [6.45, 7) is 2.03. The number of aryl methyl sites for hydroxylation is 1. The molecule has 0 fully saturated rings. The maximum Gasteiger partial charge on any atom is 0.229 e. The molecule has 2 N–H and O–H groups in total. The fraction of sp³-hybridized carbons (Fsp3) is 0.167. The normalized spacial score (nSPS) is 11.4. The minimum absolute atomic E-state index is 0.137. The molecule has 0 saturated carbocycles. The van der Waals surface area contributed by atoms with E-state index in [2.05, 4.69) is 10.0 Å². The second kappa shape index (κ2) is 7.79. The Morgan fingerprint density at radius 3 is 2.17 bits per heavy atom. The molecule has 2 aromatic rings. The molecule has 0 spiro atoms. The van der Waals surface area contributed by atoms with E-state index in [0.29, 0.717) is 11.4 Å². The average Bonchev–Trinajstić information content (AvgIpc) is 2.50. The summed E-state index contributed by atoms with van der Waals surface area (Å²) in [5.41, 5.74) is 3.31. The summed E-state index contributed by atoms with van der Waals surface area (Å²) in [6.07, 6.45) is 5.05. The lowest BCUT2D eigenvalue weighted by atomic mass is 10.1. The van der Waals surface area contributed by atoms with Crippen molar-refractivity contribution in [2.75, 3.05) is 16.3 Å². The van der Waals surface area contributed by atoms with Gasteiger partial charge in [0.05, 0.1) is 6.26 Å². The lowest BCUT2D eigenvalue weighted by Crippen LogP contribution is -2.11. The lowest BCUT2D eigenvalue weighted by molar-refractivity contribution is -0.115. The number of hydrogen-bond donors (Lipinski definition) is 2. The van der Waals surface area contributed by atoms with Crippen LogP contribution < -0.4 is 10.0 Å². The van der Waals surface area contributed by atoms with Gasteiger partial charge in [0.1, 0.15) is 0 Å². The quantitative estimate of drug-likeness (QED) is 0.843. The Balaban J connectivity index is 1.87. The van der Waals surface area contributed by atoms with Crippen LogP contribution in [0.5, 0.6) is 0 Å². The predicted octanol–water partition coefficient (Wildman–Crippen LogP) is 3.41. The molecule has 1 amide bonds. The van der Waals surface area contributed by atoms with E-state index < -0.39 is 10.0 Å². The lowest BCUT2D eigenvalue weighted by Gasteiger charge is -2.06. The largest absolute Gasteiger partial charge is 0.326 e. The van der Waals surface area contributed by atoms with Crippen LogP contribution >= 0.6 is 0 Å². The number of rotatable bonds is 6. The van der Waals surface area contributed by atoms with Gasteiger partial charge in [0.25, 0.3) is 0 Å². The molecule has 0 unspecified atom stereocenters. The van der Waals surface area contributed by atoms with Crippen molar-refractivity contribution in [1.29, 1.82) is 0 Å². The number of nitrogens with one attached hydrogen (secondary N) is 2. The van der Waals surface area contributed by atoms with Gasteiger partial charge >= 0.3 is 0 Å². The highest BCUT2D eigenvalue weighted by molar-refractivity contribution is 7.92. The summed E-state index contributed by atoms with van der Waals surface area (Å²) in [5.74, 6) is -0.137. The molecule has 0 heterocycles. The number of carbonyl (C=O) groups excluding carboxylic acids is 1. The topological polar surface area (TPSA) is 75.3 Å². The number of sulfonamides is 1.